The zero-order chi connectivity index (χ0) is 27.2. The van der Waals surface area contributed by atoms with Crippen LogP contribution in [-0.4, -0.2) is 48.4 Å². The van der Waals surface area contributed by atoms with Crippen molar-refractivity contribution in [3.63, 3.8) is 0 Å². The SMILES string of the molecule is CN(C(=O)c1cccc(F)c1)C1C[C@H](CN2CCC(CCCc3ccc(F)cc3)CC2)[C@@H](c2ccccc2)C1. The number of carbonyl (C=O) groups is 1. The lowest BCUT2D eigenvalue weighted by molar-refractivity contribution is 0.0728. The summed E-state index contributed by atoms with van der Waals surface area (Å²) in [5, 5.41) is 0. The van der Waals surface area contributed by atoms with Gasteiger partial charge in [-0.2, -0.15) is 0 Å². The summed E-state index contributed by atoms with van der Waals surface area (Å²) >= 11 is 0. The van der Waals surface area contributed by atoms with Gasteiger partial charge in [-0.3, -0.25) is 4.79 Å². The number of halogens is 2. The standard InChI is InChI=1S/C34H40F2N2O/c1-37(34(39)28-11-6-12-31(36)21-28)32-22-29(33(23-32)27-9-3-2-4-10-27)24-38-19-17-26(18-20-38)8-5-7-25-13-15-30(35)16-14-25/h2-4,6,9-16,21,26,29,32-33H,5,7-8,17-20,22-24H2,1H3/t29-,32?,33-/m1/s1. The van der Waals surface area contributed by atoms with Crippen LogP contribution in [0.4, 0.5) is 8.78 Å². The predicted molar refractivity (Wildman–Crippen MR) is 153 cm³/mol. The molecular weight excluding hydrogens is 490 g/mol. The minimum atomic E-state index is -0.375. The molecule has 39 heavy (non-hydrogen) atoms. The lowest BCUT2D eigenvalue weighted by Gasteiger charge is -2.35. The highest BCUT2D eigenvalue weighted by Crippen LogP contribution is 2.42. The minimum absolute atomic E-state index is 0.103. The van der Waals surface area contributed by atoms with Crippen LogP contribution >= 0.6 is 0 Å². The highest BCUT2D eigenvalue weighted by Gasteiger charge is 2.39. The third-order valence-corrected chi connectivity index (χ3v) is 9.03. The number of likely N-dealkylation sites (tertiary alicyclic amines) is 1. The van der Waals surface area contributed by atoms with Gasteiger partial charge in [0.15, 0.2) is 0 Å². The minimum Gasteiger partial charge on any atom is -0.339 e. The predicted octanol–water partition coefficient (Wildman–Crippen LogP) is 7.33. The molecule has 0 N–H and O–H groups in total. The van der Waals surface area contributed by atoms with Gasteiger partial charge in [0.1, 0.15) is 11.6 Å². The van der Waals surface area contributed by atoms with Gasteiger partial charge in [-0.15, -0.1) is 0 Å². The molecule has 1 saturated heterocycles. The van der Waals surface area contributed by atoms with Gasteiger partial charge in [-0.1, -0.05) is 55.0 Å². The zero-order valence-electron chi connectivity index (χ0n) is 22.9. The number of piperidine rings is 1. The fraction of sp³-hybridized carbons (Fsp3) is 0.441. The molecule has 0 radical (unpaired) electrons. The Bertz CT molecular complexity index is 1210. The van der Waals surface area contributed by atoms with Crippen LogP contribution in [0.15, 0.2) is 78.9 Å². The second-order valence-electron chi connectivity index (χ2n) is 11.6. The van der Waals surface area contributed by atoms with E-state index in [1.54, 1.807) is 24.3 Å². The number of benzene rings is 3. The third kappa shape index (κ3) is 7.13. The van der Waals surface area contributed by atoms with Gasteiger partial charge in [-0.25, -0.2) is 8.78 Å². The van der Waals surface area contributed by atoms with Crippen LogP contribution in [0, 0.1) is 23.5 Å². The average Bonchev–Trinajstić information content (AvgIpc) is 3.38. The number of nitrogens with zero attached hydrogens (tertiary/aromatic N) is 2. The lowest BCUT2D eigenvalue weighted by Crippen LogP contribution is -2.38. The van der Waals surface area contributed by atoms with E-state index in [1.807, 2.05) is 24.1 Å². The summed E-state index contributed by atoms with van der Waals surface area (Å²) in [5.41, 5.74) is 2.99. The topological polar surface area (TPSA) is 23.6 Å². The van der Waals surface area contributed by atoms with E-state index in [4.69, 9.17) is 0 Å². The lowest BCUT2D eigenvalue weighted by atomic mass is 9.87. The van der Waals surface area contributed by atoms with Gasteiger partial charge in [0, 0.05) is 25.2 Å². The van der Waals surface area contributed by atoms with E-state index in [9.17, 15) is 13.6 Å². The van der Waals surface area contributed by atoms with Crippen molar-refractivity contribution in [1.82, 2.24) is 9.80 Å². The molecule has 1 heterocycles. The first-order chi connectivity index (χ1) is 19.0. The highest BCUT2D eigenvalue weighted by atomic mass is 19.1. The summed E-state index contributed by atoms with van der Waals surface area (Å²) in [6.07, 6.45) is 7.77. The molecule has 0 bridgehead atoms. The van der Waals surface area contributed by atoms with Gasteiger partial charge >= 0.3 is 0 Å². The number of hydrogen-bond acceptors (Lipinski definition) is 2. The van der Waals surface area contributed by atoms with E-state index < -0.39 is 0 Å². The molecule has 2 fully saturated rings. The van der Waals surface area contributed by atoms with Crippen LogP contribution in [0.1, 0.15) is 65.9 Å². The molecule has 3 aromatic rings. The molecular formula is C34H40F2N2O. The third-order valence-electron chi connectivity index (χ3n) is 9.03. The van der Waals surface area contributed by atoms with Crippen molar-refractivity contribution >= 4 is 5.91 Å². The fourth-order valence-corrected chi connectivity index (χ4v) is 6.75. The highest BCUT2D eigenvalue weighted by molar-refractivity contribution is 5.94. The van der Waals surface area contributed by atoms with Gasteiger partial charge in [0.25, 0.3) is 5.91 Å². The van der Waals surface area contributed by atoms with E-state index in [1.165, 1.54) is 42.5 Å². The molecule has 1 saturated carbocycles. The van der Waals surface area contributed by atoms with Crippen LogP contribution < -0.4 is 0 Å². The van der Waals surface area contributed by atoms with Crippen molar-refractivity contribution in [2.24, 2.45) is 11.8 Å². The summed E-state index contributed by atoms with van der Waals surface area (Å²) in [5.74, 6) is 1.01. The van der Waals surface area contributed by atoms with Gasteiger partial charge < -0.3 is 9.80 Å². The van der Waals surface area contributed by atoms with Crippen molar-refractivity contribution in [1.29, 1.82) is 0 Å². The molecule has 3 aromatic carbocycles. The second-order valence-corrected chi connectivity index (χ2v) is 11.6. The molecule has 0 spiro atoms. The average molecular weight is 531 g/mol. The summed E-state index contributed by atoms with van der Waals surface area (Å²) in [6.45, 7) is 3.31. The maximum absolute atomic E-state index is 13.8. The Morgan fingerprint density at radius 1 is 0.897 bits per heavy atom. The maximum Gasteiger partial charge on any atom is 0.253 e. The van der Waals surface area contributed by atoms with E-state index in [0.717, 1.165) is 51.2 Å². The molecule has 2 aliphatic rings. The number of hydrogen-bond donors (Lipinski definition) is 0. The first-order valence-corrected chi connectivity index (χ1v) is 14.5. The Balaban J connectivity index is 1.16. The van der Waals surface area contributed by atoms with Gasteiger partial charge in [-0.05, 0) is 111 Å². The molecule has 1 aliphatic carbocycles. The fourth-order valence-electron chi connectivity index (χ4n) is 6.75. The molecule has 0 aromatic heterocycles. The van der Waals surface area contributed by atoms with E-state index in [0.29, 0.717) is 17.4 Å². The Morgan fingerprint density at radius 2 is 1.64 bits per heavy atom. The Labute approximate surface area is 231 Å². The maximum atomic E-state index is 13.8. The quantitative estimate of drug-likeness (QED) is 0.289. The number of rotatable bonds is 9. The van der Waals surface area contributed by atoms with Crippen LogP contribution in [0.5, 0.6) is 0 Å². The van der Waals surface area contributed by atoms with Gasteiger partial charge in [0.05, 0.1) is 0 Å². The molecule has 3 nitrogen and oxygen atoms in total. The van der Waals surface area contributed by atoms with E-state index >= 15 is 0 Å². The van der Waals surface area contributed by atoms with Crippen molar-refractivity contribution in [2.45, 2.75) is 56.9 Å². The van der Waals surface area contributed by atoms with E-state index in [2.05, 4.69) is 35.2 Å². The molecule has 5 rings (SSSR count). The zero-order valence-corrected chi connectivity index (χ0v) is 22.9. The monoisotopic (exact) mass is 530 g/mol. The van der Waals surface area contributed by atoms with Crippen molar-refractivity contribution in [3.8, 4) is 0 Å². The largest absolute Gasteiger partial charge is 0.339 e. The summed E-state index contributed by atoms with van der Waals surface area (Å²) in [6, 6.07) is 23.8. The van der Waals surface area contributed by atoms with E-state index in [-0.39, 0.29) is 23.6 Å². The van der Waals surface area contributed by atoms with Crippen LogP contribution in [-0.2, 0) is 6.42 Å². The molecule has 1 aliphatic heterocycles. The van der Waals surface area contributed by atoms with Crippen molar-refractivity contribution in [2.75, 3.05) is 26.7 Å². The first-order valence-electron chi connectivity index (χ1n) is 14.5. The molecule has 1 amide bonds. The Kier molecular flexibility index (Phi) is 9.08. The molecule has 3 atom stereocenters. The van der Waals surface area contributed by atoms with Gasteiger partial charge in [0.2, 0.25) is 0 Å². The summed E-state index contributed by atoms with van der Waals surface area (Å²) in [7, 11) is 1.87. The first kappa shape index (κ1) is 27.5. The summed E-state index contributed by atoms with van der Waals surface area (Å²) < 4.78 is 26.9. The molecule has 206 valence electrons. The Hall–Kier alpha value is -3.05. The number of carbonyl (C=O) groups excluding carboxylic acids is 1. The smallest absolute Gasteiger partial charge is 0.253 e. The molecule has 1 unspecified atom stereocenters. The van der Waals surface area contributed by atoms with Crippen LogP contribution in [0.2, 0.25) is 0 Å². The second kappa shape index (κ2) is 12.9. The van der Waals surface area contributed by atoms with Crippen molar-refractivity contribution < 1.29 is 13.6 Å². The molecule has 5 heteroatoms. The van der Waals surface area contributed by atoms with Crippen LogP contribution in [0.3, 0.4) is 0 Å². The Morgan fingerprint density at radius 3 is 2.36 bits per heavy atom. The van der Waals surface area contributed by atoms with Crippen LogP contribution in [0.25, 0.3) is 0 Å². The van der Waals surface area contributed by atoms with Crippen molar-refractivity contribution in [3.05, 3.63) is 107 Å². The normalized spacial score (nSPS) is 22.2. The number of aryl methyl sites for hydroxylation is 1. The summed E-state index contributed by atoms with van der Waals surface area (Å²) in [4.78, 5) is 17.7. The number of amides is 1.